The lowest BCUT2D eigenvalue weighted by molar-refractivity contribution is 0.915. The third-order valence-corrected chi connectivity index (χ3v) is 2.10. The van der Waals surface area contributed by atoms with Crippen molar-refractivity contribution < 1.29 is 0 Å². The van der Waals surface area contributed by atoms with E-state index < -0.39 is 0 Å². The Morgan fingerprint density at radius 1 is 1.67 bits per heavy atom. The highest BCUT2D eigenvalue weighted by Crippen LogP contribution is 2.31. The highest BCUT2D eigenvalue weighted by molar-refractivity contribution is 5.36. The van der Waals surface area contributed by atoms with E-state index in [2.05, 4.69) is 22.2 Å². The first-order valence-corrected chi connectivity index (χ1v) is 4.11. The summed E-state index contributed by atoms with van der Waals surface area (Å²) in [4.78, 5) is 8.10. The van der Waals surface area contributed by atoms with Crippen LogP contribution in [-0.4, -0.2) is 16.0 Å². The normalized spacial score (nSPS) is 26.8. The molecule has 1 heterocycles. The molecule has 1 aromatic rings. The van der Waals surface area contributed by atoms with Crippen molar-refractivity contribution in [2.24, 2.45) is 5.92 Å². The summed E-state index contributed by atoms with van der Waals surface area (Å²) in [7, 11) is 0. The predicted molar refractivity (Wildman–Crippen MR) is 47.6 cm³/mol. The molecule has 64 valence electrons. The number of rotatable bonds is 2. The largest absolute Gasteiger partial charge is 0.384 e. The Hall–Kier alpha value is -1.32. The van der Waals surface area contributed by atoms with Crippen molar-refractivity contribution >= 4 is 11.8 Å². The van der Waals surface area contributed by atoms with Gasteiger partial charge in [0.25, 0.3) is 0 Å². The SMILES string of the molecule is CC1CC1Nc1nccc(N)n1. The minimum absolute atomic E-state index is 0.515. The van der Waals surface area contributed by atoms with Crippen LogP contribution in [0, 0.1) is 5.92 Å². The Kier molecular flexibility index (Phi) is 1.60. The van der Waals surface area contributed by atoms with Gasteiger partial charge in [-0.25, -0.2) is 4.98 Å². The van der Waals surface area contributed by atoms with Gasteiger partial charge in [-0.05, 0) is 18.4 Å². The molecule has 1 aliphatic carbocycles. The molecular formula is C8H12N4. The zero-order valence-electron chi connectivity index (χ0n) is 6.99. The van der Waals surface area contributed by atoms with E-state index in [1.54, 1.807) is 12.3 Å². The zero-order chi connectivity index (χ0) is 8.55. The highest BCUT2D eigenvalue weighted by atomic mass is 15.1. The molecule has 1 aliphatic rings. The second kappa shape index (κ2) is 2.62. The molecule has 2 atom stereocenters. The van der Waals surface area contributed by atoms with Crippen LogP contribution in [0.4, 0.5) is 11.8 Å². The van der Waals surface area contributed by atoms with E-state index in [1.165, 1.54) is 6.42 Å². The summed E-state index contributed by atoms with van der Waals surface area (Å²) in [5.74, 6) is 1.90. The molecule has 0 bridgehead atoms. The fourth-order valence-electron chi connectivity index (χ4n) is 1.13. The Morgan fingerprint density at radius 3 is 3.00 bits per heavy atom. The van der Waals surface area contributed by atoms with Gasteiger partial charge in [0.1, 0.15) is 5.82 Å². The fraction of sp³-hybridized carbons (Fsp3) is 0.500. The van der Waals surface area contributed by atoms with E-state index in [1.807, 2.05) is 0 Å². The molecule has 0 aromatic carbocycles. The monoisotopic (exact) mass is 164 g/mol. The Labute approximate surface area is 71.2 Å². The van der Waals surface area contributed by atoms with Crippen LogP contribution < -0.4 is 11.1 Å². The lowest BCUT2D eigenvalue weighted by atomic mass is 10.5. The van der Waals surface area contributed by atoms with Gasteiger partial charge in [-0.3, -0.25) is 0 Å². The lowest BCUT2D eigenvalue weighted by Crippen LogP contribution is -2.07. The van der Waals surface area contributed by atoms with Crippen molar-refractivity contribution in [3.63, 3.8) is 0 Å². The van der Waals surface area contributed by atoms with Crippen molar-refractivity contribution in [2.75, 3.05) is 11.1 Å². The average Bonchev–Trinajstić information content (AvgIpc) is 2.66. The smallest absolute Gasteiger partial charge is 0.224 e. The van der Waals surface area contributed by atoms with Crippen LogP contribution in [0.15, 0.2) is 12.3 Å². The fourth-order valence-corrected chi connectivity index (χ4v) is 1.13. The van der Waals surface area contributed by atoms with Gasteiger partial charge in [0, 0.05) is 12.2 Å². The molecule has 0 amide bonds. The van der Waals surface area contributed by atoms with Gasteiger partial charge in [-0.2, -0.15) is 4.98 Å². The van der Waals surface area contributed by atoms with Gasteiger partial charge in [-0.15, -0.1) is 0 Å². The molecule has 0 saturated heterocycles. The first kappa shape index (κ1) is 7.34. The average molecular weight is 164 g/mol. The van der Waals surface area contributed by atoms with Gasteiger partial charge in [0.2, 0.25) is 5.95 Å². The molecule has 1 saturated carbocycles. The van der Waals surface area contributed by atoms with Crippen LogP contribution in [0.25, 0.3) is 0 Å². The van der Waals surface area contributed by atoms with Crippen molar-refractivity contribution in [2.45, 2.75) is 19.4 Å². The number of hydrogen-bond donors (Lipinski definition) is 2. The standard InChI is InChI=1S/C8H12N4/c1-5-4-6(5)11-8-10-3-2-7(9)12-8/h2-3,5-6H,4H2,1H3,(H3,9,10,11,12). The first-order chi connectivity index (χ1) is 5.75. The zero-order valence-corrected chi connectivity index (χ0v) is 6.99. The summed E-state index contributed by atoms with van der Waals surface area (Å²) < 4.78 is 0. The van der Waals surface area contributed by atoms with E-state index in [0.717, 1.165) is 5.92 Å². The van der Waals surface area contributed by atoms with Gasteiger partial charge >= 0.3 is 0 Å². The first-order valence-electron chi connectivity index (χ1n) is 4.11. The molecule has 1 fully saturated rings. The number of nitrogens with zero attached hydrogens (tertiary/aromatic N) is 2. The number of hydrogen-bond acceptors (Lipinski definition) is 4. The maximum absolute atomic E-state index is 5.50. The summed E-state index contributed by atoms with van der Waals surface area (Å²) >= 11 is 0. The molecule has 4 heteroatoms. The second-order valence-electron chi connectivity index (χ2n) is 3.27. The molecule has 0 spiro atoms. The topological polar surface area (TPSA) is 63.8 Å². The Balaban J connectivity index is 2.03. The van der Waals surface area contributed by atoms with Crippen LogP contribution in [0.2, 0.25) is 0 Å². The van der Waals surface area contributed by atoms with Crippen molar-refractivity contribution in [3.8, 4) is 0 Å². The Bertz CT molecular complexity index is 286. The van der Waals surface area contributed by atoms with Crippen LogP contribution in [0.1, 0.15) is 13.3 Å². The van der Waals surface area contributed by atoms with E-state index in [9.17, 15) is 0 Å². The number of nitrogen functional groups attached to an aromatic ring is 1. The third-order valence-electron chi connectivity index (χ3n) is 2.10. The molecular weight excluding hydrogens is 152 g/mol. The molecule has 2 rings (SSSR count). The maximum atomic E-state index is 5.50. The molecule has 0 radical (unpaired) electrons. The summed E-state index contributed by atoms with van der Waals surface area (Å²) in [5, 5.41) is 3.20. The van der Waals surface area contributed by atoms with Crippen LogP contribution >= 0.6 is 0 Å². The van der Waals surface area contributed by atoms with Crippen molar-refractivity contribution in [3.05, 3.63) is 12.3 Å². The summed E-state index contributed by atoms with van der Waals surface area (Å²) in [6.45, 7) is 2.20. The van der Waals surface area contributed by atoms with E-state index in [0.29, 0.717) is 17.8 Å². The predicted octanol–water partition coefficient (Wildman–Crippen LogP) is 0.879. The Morgan fingerprint density at radius 2 is 2.42 bits per heavy atom. The number of anilines is 2. The highest BCUT2D eigenvalue weighted by Gasteiger charge is 2.32. The second-order valence-corrected chi connectivity index (χ2v) is 3.27. The minimum Gasteiger partial charge on any atom is -0.384 e. The quantitative estimate of drug-likeness (QED) is 0.681. The van der Waals surface area contributed by atoms with Gasteiger partial charge in [0.05, 0.1) is 0 Å². The van der Waals surface area contributed by atoms with E-state index in [4.69, 9.17) is 5.73 Å². The van der Waals surface area contributed by atoms with Gasteiger partial charge < -0.3 is 11.1 Å². The minimum atomic E-state index is 0.515. The van der Waals surface area contributed by atoms with Crippen LogP contribution in [0.5, 0.6) is 0 Å². The summed E-state index contributed by atoms with van der Waals surface area (Å²) in [6.07, 6.45) is 2.87. The van der Waals surface area contributed by atoms with Crippen LogP contribution in [0.3, 0.4) is 0 Å². The lowest BCUT2D eigenvalue weighted by Gasteiger charge is -2.01. The maximum Gasteiger partial charge on any atom is 0.224 e. The van der Waals surface area contributed by atoms with Crippen LogP contribution in [-0.2, 0) is 0 Å². The number of nitrogens with one attached hydrogen (secondary N) is 1. The van der Waals surface area contributed by atoms with Crippen molar-refractivity contribution in [1.82, 2.24) is 9.97 Å². The van der Waals surface area contributed by atoms with Gasteiger partial charge in [-0.1, -0.05) is 6.92 Å². The number of aromatic nitrogens is 2. The number of nitrogens with two attached hydrogens (primary N) is 1. The summed E-state index contributed by atoms with van der Waals surface area (Å²) in [6, 6.07) is 2.23. The molecule has 0 aliphatic heterocycles. The molecule has 1 aromatic heterocycles. The summed E-state index contributed by atoms with van der Waals surface area (Å²) in [5.41, 5.74) is 5.50. The van der Waals surface area contributed by atoms with E-state index in [-0.39, 0.29) is 0 Å². The van der Waals surface area contributed by atoms with E-state index >= 15 is 0 Å². The molecule has 3 N–H and O–H groups in total. The van der Waals surface area contributed by atoms with Crippen molar-refractivity contribution in [1.29, 1.82) is 0 Å². The molecule has 4 nitrogen and oxygen atoms in total. The molecule has 12 heavy (non-hydrogen) atoms. The third kappa shape index (κ3) is 1.47. The van der Waals surface area contributed by atoms with Gasteiger partial charge in [0.15, 0.2) is 0 Å². The molecule has 2 unspecified atom stereocenters.